The molecule has 0 radical (unpaired) electrons. The molecular weight excluding hydrogens is 274 g/mol. The smallest absolute Gasteiger partial charge is 0.321 e. The highest BCUT2D eigenvalue weighted by atomic mass is 32.1. The molecule has 0 spiro atoms. The van der Waals surface area contributed by atoms with Crippen molar-refractivity contribution in [2.75, 3.05) is 5.90 Å². The van der Waals surface area contributed by atoms with Crippen LogP contribution in [0.4, 0.5) is 0 Å². The molecular formula is C6H9N2O5P2S+. The van der Waals surface area contributed by atoms with Gasteiger partial charge in [-0.1, -0.05) is 0 Å². The Morgan fingerprint density at radius 1 is 1.50 bits per heavy atom. The van der Waals surface area contributed by atoms with Gasteiger partial charge in [-0.05, 0) is 10.6 Å². The van der Waals surface area contributed by atoms with E-state index in [-0.39, 0.29) is 5.82 Å². The van der Waals surface area contributed by atoms with Crippen LogP contribution in [0.5, 0.6) is 0 Å². The SMILES string of the molecule is O=[P+](CP(=O)(O)O)OC(S)c1ncccn1. The molecule has 1 aromatic heterocycles. The summed E-state index contributed by atoms with van der Waals surface area (Å²) in [7, 11) is -6.85. The fourth-order valence-electron chi connectivity index (χ4n) is 0.780. The summed E-state index contributed by atoms with van der Waals surface area (Å²) in [6, 6.07) is 1.58. The van der Waals surface area contributed by atoms with Crippen LogP contribution in [0, 0.1) is 0 Å². The average molecular weight is 283 g/mol. The second-order valence-corrected chi connectivity index (χ2v) is 6.51. The minimum Gasteiger partial charge on any atom is -0.321 e. The van der Waals surface area contributed by atoms with Gasteiger partial charge in [-0.3, -0.25) is 4.57 Å². The molecule has 0 fully saturated rings. The van der Waals surface area contributed by atoms with E-state index in [4.69, 9.17) is 14.3 Å². The quantitative estimate of drug-likeness (QED) is 0.424. The summed E-state index contributed by atoms with van der Waals surface area (Å²) in [6.07, 6.45) is 2.90. The van der Waals surface area contributed by atoms with Crippen molar-refractivity contribution in [1.82, 2.24) is 9.97 Å². The highest BCUT2D eigenvalue weighted by Gasteiger charge is 2.34. The zero-order chi connectivity index (χ0) is 12.2. The van der Waals surface area contributed by atoms with Gasteiger partial charge in [0.1, 0.15) is 0 Å². The molecule has 2 unspecified atom stereocenters. The molecule has 0 bridgehead atoms. The lowest BCUT2D eigenvalue weighted by atomic mass is 10.6. The molecule has 0 aliphatic heterocycles. The van der Waals surface area contributed by atoms with E-state index in [0.717, 1.165) is 0 Å². The Balaban J connectivity index is 2.56. The van der Waals surface area contributed by atoms with Crippen molar-refractivity contribution in [2.24, 2.45) is 0 Å². The Bertz CT molecular complexity index is 411. The molecule has 2 N–H and O–H groups in total. The minimum atomic E-state index is -4.35. The third-order valence-electron chi connectivity index (χ3n) is 1.32. The van der Waals surface area contributed by atoms with Gasteiger partial charge in [-0.15, -0.1) is 17.2 Å². The van der Waals surface area contributed by atoms with Crippen LogP contribution in [0.2, 0.25) is 0 Å². The molecule has 0 saturated carbocycles. The zero-order valence-electron chi connectivity index (χ0n) is 7.87. The summed E-state index contributed by atoms with van der Waals surface area (Å²) < 4.78 is 26.5. The topological polar surface area (TPSA) is 110 Å². The molecule has 0 aliphatic rings. The van der Waals surface area contributed by atoms with Crippen molar-refractivity contribution in [3.8, 4) is 0 Å². The van der Waals surface area contributed by atoms with Crippen molar-refractivity contribution in [1.29, 1.82) is 0 Å². The summed E-state index contributed by atoms with van der Waals surface area (Å²) in [4.78, 5) is 24.7. The van der Waals surface area contributed by atoms with Crippen molar-refractivity contribution in [2.45, 2.75) is 5.44 Å². The van der Waals surface area contributed by atoms with Crippen LogP contribution in [0.1, 0.15) is 11.3 Å². The summed E-state index contributed by atoms with van der Waals surface area (Å²) in [6.45, 7) is 0. The summed E-state index contributed by atoms with van der Waals surface area (Å²) in [5, 5.41) is 0. The van der Waals surface area contributed by atoms with E-state index >= 15 is 0 Å². The van der Waals surface area contributed by atoms with Gasteiger partial charge in [0.15, 0.2) is 5.82 Å². The Morgan fingerprint density at radius 2 is 2.06 bits per heavy atom. The Kier molecular flexibility index (Phi) is 4.98. The molecule has 1 rings (SSSR count). The standard InChI is InChI=1S/C6H8N2O5P2S/c9-14(4-15(10,11)12)13-6(16)5-7-2-1-3-8-5/h1-3,6H,4H2,(H2-,10,11,12,16)/p+1. The van der Waals surface area contributed by atoms with E-state index in [9.17, 15) is 9.13 Å². The fraction of sp³-hybridized carbons (Fsp3) is 0.333. The van der Waals surface area contributed by atoms with E-state index < -0.39 is 27.0 Å². The molecule has 10 heteroatoms. The summed E-state index contributed by atoms with van der Waals surface area (Å²) >= 11 is 3.92. The molecule has 16 heavy (non-hydrogen) atoms. The van der Waals surface area contributed by atoms with Gasteiger partial charge >= 0.3 is 15.6 Å². The number of aromatic nitrogens is 2. The highest BCUT2D eigenvalue weighted by molar-refractivity contribution is 7.80. The first kappa shape index (κ1) is 13.7. The van der Waals surface area contributed by atoms with Gasteiger partial charge in [0.25, 0.3) is 5.90 Å². The van der Waals surface area contributed by atoms with Crippen LogP contribution < -0.4 is 0 Å². The van der Waals surface area contributed by atoms with Gasteiger partial charge in [0.2, 0.25) is 5.44 Å². The Labute approximate surface area is 97.7 Å². The molecule has 1 heterocycles. The van der Waals surface area contributed by atoms with Gasteiger partial charge in [-0.2, -0.15) is 0 Å². The first-order valence-electron chi connectivity index (χ1n) is 3.99. The molecule has 0 saturated heterocycles. The second kappa shape index (κ2) is 5.82. The van der Waals surface area contributed by atoms with Crippen molar-refractivity contribution in [3.63, 3.8) is 0 Å². The Hall–Kier alpha value is -0.360. The van der Waals surface area contributed by atoms with Crippen molar-refractivity contribution < 1.29 is 23.4 Å². The highest BCUT2D eigenvalue weighted by Crippen LogP contribution is 2.47. The maximum atomic E-state index is 11.2. The van der Waals surface area contributed by atoms with Crippen molar-refractivity contribution in [3.05, 3.63) is 24.3 Å². The van der Waals surface area contributed by atoms with Gasteiger partial charge in [-0.25, -0.2) is 9.97 Å². The minimum absolute atomic E-state index is 0.180. The monoisotopic (exact) mass is 283 g/mol. The van der Waals surface area contributed by atoms with Crippen LogP contribution in [0.15, 0.2) is 18.5 Å². The lowest BCUT2D eigenvalue weighted by Gasteiger charge is -2.01. The van der Waals surface area contributed by atoms with E-state index in [2.05, 4.69) is 22.6 Å². The lowest BCUT2D eigenvalue weighted by molar-refractivity contribution is 0.299. The van der Waals surface area contributed by atoms with Gasteiger partial charge < -0.3 is 9.79 Å². The van der Waals surface area contributed by atoms with Crippen LogP contribution >= 0.6 is 28.3 Å². The third-order valence-corrected chi connectivity index (χ3v) is 4.67. The number of rotatable bonds is 5. The number of nitrogens with zero attached hydrogens (tertiary/aromatic N) is 2. The maximum Gasteiger partial charge on any atom is 0.522 e. The number of thiol groups is 1. The molecule has 0 amide bonds. The predicted octanol–water partition coefficient (Wildman–Crippen LogP) is 1.30. The predicted molar refractivity (Wildman–Crippen MR) is 59.4 cm³/mol. The van der Waals surface area contributed by atoms with Crippen LogP contribution in [0.25, 0.3) is 0 Å². The van der Waals surface area contributed by atoms with E-state index in [1.165, 1.54) is 12.4 Å². The van der Waals surface area contributed by atoms with E-state index in [1.54, 1.807) is 6.07 Å². The van der Waals surface area contributed by atoms with Gasteiger partial charge in [0.05, 0.1) is 0 Å². The van der Waals surface area contributed by atoms with Crippen molar-refractivity contribution >= 4 is 28.3 Å². The maximum absolute atomic E-state index is 11.2. The number of hydrogen-bond donors (Lipinski definition) is 3. The molecule has 2 atom stereocenters. The van der Waals surface area contributed by atoms with Crippen LogP contribution in [-0.4, -0.2) is 25.7 Å². The van der Waals surface area contributed by atoms with Crippen LogP contribution in [0.3, 0.4) is 0 Å². The van der Waals surface area contributed by atoms with E-state index in [0.29, 0.717) is 0 Å². The van der Waals surface area contributed by atoms with E-state index in [1.807, 2.05) is 0 Å². The lowest BCUT2D eigenvalue weighted by Crippen LogP contribution is -1.99. The number of hydrogen-bond acceptors (Lipinski definition) is 6. The largest absolute Gasteiger partial charge is 0.522 e. The molecule has 88 valence electrons. The molecule has 0 aromatic carbocycles. The van der Waals surface area contributed by atoms with Crippen LogP contribution in [-0.2, 0) is 13.7 Å². The first-order chi connectivity index (χ1) is 7.38. The summed E-state index contributed by atoms with van der Waals surface area (Å²) in [5.74, 6) is -0.661. The first-order valence-corrected chi connectivity index (χ1v) is 7.67. The van der Waals surface area contributed by atoms with Gasteiger partial charge in [0, 0.05) is 12.4 Å². The second-order valence-electron chi connectivity index (χ2n) is 2.70. The zero-order valence-corrected chi connectivity index (χ0v) is 10.6. The molecule has 7 nitrogen and oxygen atoms in total. The molecule has 0 aliphatic carbocycles. The fourth-order valence-corrected chi connectivity index (χ4v) is 3.02. The normalized spacial score (nSPS) is 14.6. The molecule has 1 aromatic rings. The summed E-state index contributed by atoms with van der Waals surface area (Å²) in [5.41, 5.74) is -0.976. The Morgan fingerprint density at radius 3 is 2.56 bits per heavy atom. The third kappa shape index (κ3) is 5.12. The average Bonchev–Trinajstić information content (AvgIpc) is 2.16.